The maximum absolute atomic E-state index is 11.9. The second kappa shape index (κ2) is 4.97. The maximum atomic E-state index is 11.9. The van der Waals surface area contributed by atoms with Gasteiger partial charge in [0.1, 0.15) is 17.6 Å². The molecule has 0 saturated carbocycles. The molecule has 2 fully saturated rings. The predicted octanol–water partition coefficient (Wildman–Crippen LogP) is -0.121. The van der Waals surface area contributed by atoms with E-state index < -0.39 is 43.4 Å². The average Bonchev–Trinajstić information content (AvgIpc) is 2.73. The Morgan fingerprint density at radius 1 is 1.57 bits per heavy atom. The van der Waals surface area contributed by atoms with Gasteiger partial charge in [0.25, 0.3) is 5.56 Å². The molecule has 0 amide bonds. The van der Waals surface area contributed by atoms with Gasteiger partial charge in [-0.1, -0.05) is 5.92 Å². The van der Waals surface area contributed by atoms with Gasteiger partial charge in [-0.15, -0.1) is 6.42 Å². The molecule has 112 valence electrons. The molecule has 0 spiro atoms. The minimum absolute atomic E-state index is 0.0777. The largest absolute Gasteiger partial charge is 0.348 e. The quantitative estimate of drug-likeness (QED) is 0.573. The van der Waals surface area contributed by atoms with E-state index in [0.717, 1.165) is 0 Å². The highest BCUT2D eigenvalue weighted by Gasteiger charge is 2.57. The Labute approximate surface area is 120 Å². The molecule has 1 aromatic rings. The molecule has 9 heteroatoms. The number of rotatable bonds is 1. The highest BCUT2D eigenvalue weighted by molar-refractivity contribution is 7.33. The highest BCUT2D eigenvalue weighted by atomic mass is 31.1. The molecular formula is C12H13N2O6P. The average molecular weight is 312 g/mol. The number of hydrogen-bond acceptors (Lipinski definition) is 6. The summed E-state index contributed by atoms with van der Waals surface area (Å²) < 4.78 is 28.7. The first-order valence-electron chi connectivity index (χ1n) is 6.24. The SMILES string of the molecule is C#C[C@]1(C)C2O[PH](=O)OCC2OC1n1ccc(=O)[nH]c1=O. The van der Waals surface area contributed by atoms with Crippen molar-refractivity contribution in [3.8, 4) is 12.3 Å². The smallest absolute Gasteiger partial charge is 0.330 e. The zero-order valence-corrected chi connectivity index (χ0v) is 12.1. The number of H-pyrrole nitrogens is 1. The number of terminal acetylenes is 1. The van der Waals surface area contributed by atoms with Crippen molar-refractivity contribution in [2.24, 2.45) is 5.41 Å². The van der Waals surface area contributed by atoms with Crippen LogP contribution in [-0.4, -0.2) is 28.4 Å². The van der Waals surface area contributed by atoms with Gasteiger partial charge in [0.2, 0.25) is 0 Å². The Morgan fingerprint density at radius 3 is 3.00 bits per heavy atom. The van der Waals surface area contributed by atoms with Crippen LogP contribution in [0.3, 0.4) is 0 Å². The Kier molecular flexibility index (Phi) is 3.38. The summed E-state index contributed by atoms with van der Waals surface area (Å²) in [6.45, 7) is 1.76. The van der Waals surface area contributed by atoms with Gasteiger partial charge in [-0.25, -0.2) is 4.79 Å². The molecule has 8 nitrogen and oxygen atoms in total. The number of fused-ring (bicyclic) bond motifs is 1. The van der Waals surface area contributed by atoms with Crippen LogP contribution in [0.1, 0.15) is 13.2 Å². The molecule has 2 aliphatic rings. The fourth-order valence-corrected chi connectivity index (χ4v) is 3.61. The number of nitrogens with one attached hydrogen (secondary N) is 1. The molecule has 1 aromatic heterocycles. The molecule has 1 N–H and O–H groups in total. The summed E-state index contributed by atoms with van der Waals surface area (Å²) in [5.41, 5.74) is -2.17. The van der Waals surface area contributed by atoms with Crippen molar-refractivity contribution in [1.82, 2.24) is 9.55 Å². The van der Waals surface area contributed by atoms with E-state index in [-0.39, 0.29) is 6.61 Å². The van der Waals surface area contributed by atoms with E-state index in [1.165, 1.54) is 16.8 Å². The van der Waals surface area contributed by atoms with E-state index in [2.05, 4.69) is 10.9 Å². The zero-order valence-electron chi connectivity index (χ0n) is 11.1. The van der Waals surface area contributed by atoms with Crippen LogP contribution >= 0.6 is 8.25 Å². The van der Waals surface area contributed by atoms with E-state index >= 15 is 0 Å². The fraction of sp³-hybridized carbons (Fsp3) is 0.500. The minimum Gasteiger partial charge on any atom is -0.348 e. The molecule has 5 atom stereocenters. The first kappa shape index (κ1) is 14.3. The Hall–Kier alpha value is -1.65. The standard InChI is InChI=1S/C12H13N2O6P/c1-3-12(2)9-7(6-18-21(17)20-9)19-10(12)14-5-4-8(15)13-11(14)16/h1,4-5,7,9-10,21H,6H2,2H3,(H,13,15,16)/t7?,9?,10?,12-/m1/s1. The molecule has 4 unspecified atom stereocenters. The first-order chi connectivity index (χ1) is 9.95. The third-order valence-electron chi connectivity index (χ3n) is 3.75. The lowest BCUT2D eigenvalue weighted by Crippen LogP contribution is -2.42. The summed E-state index contributed by atoms with van der Waals surface area (Å²) in [4.78, 5) is 25.2. The van der Waals surface area contributed by atoms with Crippen LogP contribution < -0.4 is 11.2 Å². The lowest BCUT2D eigenvalue weighted by Gasteiger charge is -2.32. The van der Waals surface area contributed by atoms with Crippen molar-refractivity contribution in [1.29, 1.82) is 0 Å². The van der Waals surface area contributed by atoms with Crippen LogP contribution in [0.5, 0.6) is 0 Å². The normalized spacial score (nSPS) is 38.7. The van der Waals surface area contributed by atoms with E-state index in [9.17, 15) is 14.2 Å². The van der Waals surface area contributed by atoms with Crippen molar-refractivity contribution < 1.29 is 18.3 Å². The van der Waals surface area contributed by atoms with Crippen molar-refractivity contribution in [3.63, 3.8) is 0 Å². The van der Waals surface area contributed by atoms with Gasteiger partial charge in [0.15, 0.2) is 6.23 Å². The van der Waals surface area contributed by atoms with E-state index in [1.54, 1.807) is 6.92 Å². The third kappa shape index (κ3) is 2.19. The number of nitrogens with zero attached hydrogens (tertiary/aromatic N) is 1. The molecule has 3 rings (SSSR count). The van der Waals surface area contributed by atoms with Crippen molar-refractivity contribution in [2.75, 3.05) is 6.61 Å². The molecule has 21 heavy (non-hydrogen) atoms. The molecule has 3 heterocycles. The number of aromatic amines is 1. The van der Waals surface area contributed by atoms with Crippen molar-refractivity contribution >= 4 is 8.25 Å². The number of ether oxygens (including phenoxy) is 1. The highest BCUT2D eigenvalue weighted by Crippen LogP contribution is 2.51. The van der Waals surface area contributed by atoms with Gasteiger partial charge in [-0.2, -0.15) is 0 Å². The van der Waals surface area contributed by atoms with Crippen LogP contribution in [-0.2, 0) is 18.3 Å². The summed E-state index contributed by atoms with van der Waals surface area (Å²) in [6, 6.07) is 1.20. The molecule has 0 aromatic carbocycles. The third-order valence-corrected chi connectivity index (χ3v) is 4.60. The van der Waals surface area contributed by atoms with Crippen LogP contribution in [0.15, 0.2) is 21.9 Å². The Balaban J connectivity index is 2.07. The Morgan fingerprint density at radius 2 is 2.33 bits per heavy atom. The number of hydrogen-bond donors (Lipinski definition) is 1. The van der Waals surface area contributed by atoms with Gasteiger partial charge in [-0.05, 0) is 6.92 Å². The minimum atomic E-state index is -2.62. The molecule has 0 radical (unpaired) electrons. The van der Waals surface area contributed by atoms with Gasteiger partial charge in [0, 0.05) is 12.3 Å². The van der Waals surface area contributed by atoms with Crippen LogP contribution in [0, 0.1) is 17.8 Å². The van der Waals surface area contributed by atoms with Crippen LogP contribution in [0.2, 0.25) is 0 Å². The van der Waals surface area contributed by atoms with E-state index in [4.69, 9.17) is 20.2 Å². The molecular weight excluding hydrogens is 299 g/mol. The monoisotopic (exact) mass is 312 g/mol. The first-order valence-corrected chi connectivity index (χ1v) is 7.46. The van der Waals surface area contributed by atoms with Crippen LogP contribution in [0.25, 0.3) is 0 Å². The molecule has 0 aliphatic carbocycles. The van der Waals surface area contributed by atoms with Crippen molar-refractivity contribution in [2.45, 2.75) is 25.4 Å². The fourth-order valence-electron chi connectivity index (χ4n) is 2.64. The summed E-state index contributed by atoms with van der Waals surface area (Å²) in [7, 11) is -2.62. The summed E-state index contributed by atoms with van der Waals surface area (Å²) in [5, 5.41) is 0. The Bertz CT molecular complexity index is 749. The van der Waals surface area contributed by atoms with Crippen LogP contribution in [0.4, 0.5) is 0 Å². The lowest BCUT2D eigenvalue weighted by atomic mass is 9.83. The topological polar surface area (TPSA) is 99.6 Å². The lowest BCUT2D eigenvalue weighted by molar-refractivity contribution is -0.0565. The summed E-state index contributed by atoms with van der Waals surface area (Å²) in [6.07, 6.45) is 4.88. The molecule has 2 saturated heterocycles. The summed E-state index contributed by atoms with van der Waals surface area (Å²) in [5.74, 6) is 2.57. The predicted molar refractivity (Wildman–Crippen MR) is 72.0 cm³/mol. The summed E-state index contributed by atoms with van der Waals surface area (Å²) >= 11 is 0. The second-order valence-electron chi connectivity index (χ2n) is 5.07. The van der Waals surface area contributed by atoms with Gasteiger partial charge in [-0.3, -0.25) is 18.9 Å². The molecule has 0 bridgehead atoms. The number of aromatic nitrogens is 2. The van der Waals surface area contributed by atoms with Gasteiger partial charge >= 0.3 is 13.9 Å². The zero-order chi connectivity index (χ0) is 15.2. The van der Waals surface area contributed by atoms with E-state index in [1.807, 2.05) is 0 Å². The van der Waals surface area contributed by atoms with Gasteiger partial charge in [0.05, 0.1) is 6.61 Å². The van der Waals surface area contributed by atoms with Crippen molar-refractivity contribution in [3.05, 3.63) is 33.1 Å². The van der Waals surface area contributed by atoms with E-state index in [0.29, 0.717) is 0 Å². The van der Waals surface area contributed by atoms with Gasteiger partial charge < -0.3 is 13.8 Å². The molecule has 2 aliphatic heterocycles. The second-order valence-corrected chi connectivity index (χ2v) is 6.10. The maximum Gasteiger partial charge on any atom is 0.330 e.